The maximum atomic E-state index is 12.3. The van der Waals surface area contributed by atoms with E-state index >= 15 is 0 Å². The second-order valence-corrected chi connectivity index (χ2v) is 6.59. The molecule has 2 N–H and O–H groups in total. The standard InChI is InChI=1S/C19H20N4O3S/c1-2-26-16-8-4-3-7-14(16)22-19(25)18(24)20-13-15(17-9-5-12-27-17)23-11-6-10-21-23/h3-12,15H,2,13H2,1H3,(H,20,24)(H,22,25). The quantitative estimate of drug-likeness (QED) is 0.614. The van der Waals surface area contributed by atoms with Crippen molar-refractivity contribution in [2.24, 2.45) is 0 Å². The summed E-state index contributed by atoms with van der Waals surface area (Å²) in [4.78, 5) is 25.6. The molecule has 3 aromatic rings. The van der Waals surface area contributed by atoms with Gasteiger partial charge in [0.2, 0.25) is 0 Å². The Kier molecular flexibility index (Phi) is 6.22. The molecule has 1 aromatic carbocycles. The summed E-state index contributed by atoms with van der Waals surface area (Å²) in [5, 5.41) is 11.5. The maximum absolute atomic E-state index is 12.3. The summed E-state index contributed by atoms with van der Waals surface area (Å²) in [6.45, 7) is 2.57. The van der Waals surface area contributed by atoms with E-state index in [1.807, 2.05) is 36.7 Å². The van der Waals surface area contributed by atoms with E-state index in [1.165, 1.54) is 0 Å². The Hall–Kier alpha value is -3.13. The number of ether oxygens (including phenoxy) is 1. The second kappa shape index (κ2) is 9.00. The van der Waals surface area contributed by atoms with Crippen molar-refractivity contribution in [1.82, 2.24) is 15.1 Å². The van der Waals surface area contributed by atoms with Crippen molar-refractivity contribution < 1.29 is 14.3 Å². The molecule has 0 bridgehead atoms. The summed E-state index contributed by atoms with van der Waals surface area (Å²) < 4.78 is 7.22. The van der Waals surface area contributed by atoms with Crippen molar-refractivity contribution >= 4 is 28.8 Å². The number of thiophene rings is 1. The maximum Gasteiger partial charge on any atom is 0.313 e. The third-order valence-corrected chi connectivity index (χ3v) is 4.79. The highest BCUT2D eigenvalue weighted by molar-refractivity contribution is 7.10. The van der Waals surface area contributed by atoms with Crippen LogP contribution in [-0.2, 0) is 9.59 Å². The number of carbonyl (C=O) groups is 2. The van der Waals surface area contributed by atoms with E-state index in [2.05, 4.69) is 15.7 Å². The van der Waals surface area contributed by atoms with Crippen LogP contribution >= 0.6 is 11.3 Å². The molecule has 27 heavy (non-hydrogen) atoms. The number of nitrogens with one attached hydrogen (secondary N) is 2. The highest BCUT2D eigenvalue weighted by atomic mass is 32.1. The molecular weight excluding hydrogens is 364 g/mol. The number of aromatic nitrogens is 2. The van der Waals surface area contributed by atoms with Gasteiger partial charge in [-0.3, -0.25) is 14.3 Å². The zero-order valence-electron chi connectivity index (χ0n) is 14.8. The molecule has 0 saturated carbocycles. The molecule has 0 aliphatic heterocycles. The van der Waals surface area contributed by atoms with E-state index in [0.29, 0.717) is 18.0 Å². The van der Waals surface area contributed by atoms with Gasteiger partial charge >= 0.3 is 11.8 Å². The lowest BCUT2D eigenvalue weighted by Gasteiger charge is -2.17. The van der Waals surface area contributed by atoms with E-state index in [-0.39, 0.29) is 12.6 Å². The molecule has 7 nitrogen and oxygen atoms in total. The monoisotopic (exact) mass is 384 g/mol. The van der Waals surface area contributed by atoms with Crippen molar-refractivity contribution in [2.45, 2.75) is 13.0 Å². The number of rotatable bonds is 7. The van der Waals surface area contributed by atoms with Crippen LogP contribution in [0.15, 0.2) is 60.2 Å². The van der Waals surface area contributed by atoms with Crippen LogP contribution in [0.4, 0.5) is 5.69 Å². The van der Waals surface area contributed by atoms with Gasteiger partial charge in [-0.15, -0.1) is 11.3 Å². The summed E-state index contributed by atoms with van der Waals surface area (Å²) in [6.07, 6.45) is 3.51. The van der Waals surface area contributed by atoms with Crippen molar-refractivity contribution in [3.05, 3.63) is 65.1 Å². The third-order valence-electron chi connectivity index (χ3n) is 3.81. The number of nitrogens with zero attached hydrogens (tertiary/aromatic N) is 2. The first-order valence-electron chi connectivity index (χ1n) is 8.52. The smallest absolute Gasteiger partial charge is 0.313 e. The van der Waals surface area contributed by atoms with Crippen molar-refractivity contribution in [3.63, 3.8) is 0 Å². The molecular formula is C19H20N4O3S. The van der Waals surface area contributed by atoms with Crippen LogP contribution in [0.25, 0.3) is 0 Å². The van der Waals surface area contributed by atoms with Gasteiger partial charge in [-0.25, -0.2) is 0 Å². The predicted octanol–water partition coefficient (Wildman–Crippen LogP) is 2.69. The average molecular weight is 384 g/mol. The first-order valence-corrected chi connectivity index (χ1v) is 9.40. The fourth-order valence-electron chi connectivity index (χ4n) is 2.57. The Balaban J connectivity index is 1.63. The summed E-state index contributed by atoms with van der Waals surface area (Å²) in [7, 11) is 0. The Morgan fingerprint density at radius 2 is 2.04 bits per heavy atom. The number of carbonyl (C=O) groups excluding carboxylic acids is 2. The van der Waals surface area contributed by atoms with E-state index in [1.54, 1.807) is 46.5 Å². The molecule has 1 atom stereocenters. The van der Waals surface area contributed by atoms with E-state index in [9.17, 15) is 9.59 Å². The molecule has 0 saturated heterocycles. The van der Waals surface area contributed by atoms with Crippen LogP contribution in [0.1, 0.15) is 17.8 Å². The molecule has 0 spiro atoms. The summed E-state index contributed by atoms with van der Waals surface area (Å²) in [5.41, 5.74) is 0.460. The highest BCUT2D eigenvalue weighted by Gasteiger charge is 2.20. The number of para-hydroxylation sites is 2. The van der Waals surface area contributed by atoms with Crippen LogP contribution < -0.4 is 15.4 Å². The molecule has 140 valence electrons. The van der Waals surface area contributed by atoms with Gasteiger partial charge in [0, 0.05) is 23.8 Å². The molecule has 3 rings (SSSR count). The van der Waals surface area contributed by atoms with Gasteiger partial charge in [-0.2, -0.15) is 5.10 Å². The topological polar surface area (TPSA) is 85.2 Å². The second-order valence-electron chi connectivity index (χ2n) is 5.61. The van der Waals surface area contributed by atoms with Crippen LogP contribution in [0, 0.1) is 0 Å². The molecule has 2 heterocycles. The van der Waals surface area contributed by atoms with Gasteiger partial charge in [-0.05, 0) is 36.6 Å². The lowest BCUT2D eigenvalue weighted by Crippen LogP contribution is -2.38. The van der Waals surface area contributed by atoms with E-state index < -0.39 is 11.8 Å². The van der Waals surface area contributed by atoms with E-state index in [0.717, 1.165) is 4.88 Å². The van der Waals surface area contributed by atoms with E-state index in [4.69, 9.17) is 4.74 Å². The lowest BCUT2D eigenvalue weighted by molar-refractivity contribution is -0.136. The fourth-order valence-corrected chi connectivity index (χ4v) is 3.39. The van der Waals surface area contributed by atoms with Crippen LogP contribution in [-0.4, -0.2) is 34.7 Å². The first kappa shape index (κ1) is 18.7. The van der Waals surface area contributed by atoms with Crippen molar-refractivity contribution in [2.75, 3.05) is 18.5 Å². The van der Waals surface area contributed by atoms with Crippen LogP contribution in [0.2, 0.25) is 0 Å². The molecule has 2 aromatic heterocycles. The molecule has 0 radical (unpaired) electrons. The molecule has 8 heteroatoms. The summed E-state index contributed by atoms with van der Waals surface area (Å²) in [6, 6.07) is 12.6. The van der Waals surface area contributed by atoms with Crippen LogP contribution in [0.5, 0.6) is 5.75 Å². The SMILES string of the molecule is CCOc1ccccc1NC(=O)C(=O)NCC(c1cccs1)n1cccn1. The average Bonchev–Trinajstić information content (AvgIpc) is 3.38. The number of amides is 2. The van der Waals surface area contributed by atoms with Gasteiger partial charge in [0.15, 0.2) is 0 Å². The number of anilines is 1. The van der Waals surface area contributed by atoms with Crippen molar-refractivity contribution in [3.8, 4) is 5.75 Å². The molecule has 0 aliphatic rings. The minimum Gasteiger partial charge on any atom is -0.492 e. The molecule has 2 amide bonds. The summed E-state index contributed by atoms with van der Waals surface area (Å²) in [5.74, 6) is -0.934. The molecule has 0 fully saturated rings. The predicted molar refractivity (Wildman–Crippen MR) is 104 cm³/mol. The molecule has 0 aliphatic carbocycles. The largest absolute Gasteiger partial charge is 0.492 e. The van der Waals surface area contributed by atoms with Crippen LogP contribution in [0.3, 0.4) is 0 Å². The molecule has 1 unspecified atom stereocenters. The fraction of sp³-hybridized carbons (Fsp3) is 0.211. The highest BCUT2D eigenvalue weighted by Crippen LogP contribution is 2.24. The number of hydrogen-bond acceptors (Lipinski definition) is 5. The number of benzene rings is 1. The minimum atomic E-state index is -0.743. The normalized spacial score (nSPS) is 11.6. The van der Waals surface area contributed by atoms with Gasteiger partial charge in [0.1, 0.15) is 11.8 Å². The first-order chi connectivity index (χ1) is 13.2. The zero-order valence-corrected chi connectivity index (χ0v) is 15.6. The lowest BCUT2D eigenvalue weighted by atomic mass is 10.2. The third kappa shape index (κ3) is 4.73. The Labute approximate surface area is 161 Å². The van der Waals surface area contributed by atoms with Gasteiger partial charge < -0.3 is 15.4 Å². The van der Waals surface area contributed by atoms with Crippen molar-refractivity contribution in [1.29, 1.82) is 0 Å². The Morgan fingerprint density at radius 3 is 2.74 bits per heavy atom. The Bertz CT molecular complexity index is 844. The Morgan fingerprint density at radius 1 is 1.19 bits per heavy atom. The number of hydrogen-bond donors (Lipinski definition) is 2. The summed E-state index contributed by atoms with van der Waals surface area (Å²) >= 11 is 1.57. The van der Waals surface area contributed by atoms with Gasteiger partial charge in [0.05, 0.1) is 12.3 Å². The van der Waals surface area contributed by atoms with Gasteiger partial charge in [0.25, 0.3) is 0 Å². The minimum absolute atomic E-state index is 0.174. The zero-order chi connectivity index (χ0) is 19.1. The van der Waals surface area contributed by atoms with Gasteiger partial charge in [-0.1, -0.05) is 18.2 Å².